The third kappa shape index (κ3) is 2.64. The van der Waals surface area contributed by atoms with Crippen molar-refractivity contribution in [2.75, 3.05) is 0 Å². The maximum Gasteiger partial charge on any atom is 0.352 e. The molecule has 3 aromatic rings. The summed E-state index contributed by atoms with van der Waals surface area (Å²) in [7, 11) is 0. The molecule has 0 amide bonds. The number of carbonyl (C=O) groups is 1. The van der Waals surface area contributed by atoms with Crippen LogP contribution in [0.2, 0.25) is 0 Å². The van der Waals surface area contributed by atoms with Crippen LogP contribution in [0.15, 0.2) is 48.7 Å². The van der Waals surface area contributed by atoms with Crippen molar-refractivity contribution in [2.24, 2.45) is 0 Å². The second-order valence-corrected chi connectivity index (χ2v) is 4.46. The minimum atomic E-state index is -1.01. The van der Waals surface area contributed by atoms with Gasteiger partial charge in [0.05, 0.1) is 5.69 Å². The normalized spacial score (nSPS) is 10.7. The Balaban J connectivity index is 1.83. The van der Waals surface area contributed by atoms with Gasteiger partial charge in [0.25, 0.3) is 0 Å². The number of nitrogens with zero attached hydrogens (tertiary/aromatic N) is 2. The highest BCUT2D eigenvalue weighted by Gasteiger charge is 2.10. The zero-order chi connectivity index (χ0) is 14.8. The second-order valence-electron chi connectivity index (χ2n) is 4.46. The molecule has 0 aliphatic heterocycles. The lowest BCUT2D eigenvalue weighted by Gasteiger charge is -2.03. The van der Waals surface area contributed by atoms with Gasteiger partial charge in [-0.25, -0.2) is 9.78 Å². The van der Waals surface area contributed by atoms with Crippen molar-refractivity contribution in [1.29, 1.82) is 0 Å². The van der Waals surface area contributed by atoms with E-state index in [-0.39, 0.29) is 18.1 Å². The fourth-order valence-electron chi connectivity index (χ4n) is 2.00. The molecule has 0 spiro atoms. The number of hydrogen-bond acceptors (Lipinski definition) is 4. The molecule has 21 heavy (non-hydrogen) atoms. The van der Waals surface area contributed by atoms with Crippen molar-refractivity contribution in [3.05, 3.63) is 60.0 Å². The molecule has 0 saturated carbocycles. The zero-order valence-electron chi connectivity index (χ0n) is 10.9. The molecule has 106 valence electrons. The molecule has 0 unspecified atom stereocenters. The monoisotopic (exact) mass is 284 g/mol. The van der Waals surface area contributed by atoms with Gasteiger partial charge in [-0.05, 0) is 36.4 Å². The van der Waals surface area contributed by atoms with E-state index in [0.717, 1.165) is 0 Å². The maximum absolute atomic E-state index is 11.1. The van der Waals surface area contributed by atoms with Crippen LogP contribution in [0.3, 0.4) is 0 Å². The molecule has 1 aromatic carbocycles. The smallest absolute Gasteiger partial charge is 0.352 e. The molecule has 6 nitrogen and oxygen atoms in total. The molecule has 2 heterocycles. The number of aromatic hydroxyl groups is 1. The summed E-state index contributed by atoms with van der Waals surface area (Å²) >= 11 is 0. The van der Waals surface area contributed by atoms with E-state index in [4.69, 9.17) is 9.84 Å². The van der Waals surface area contributed by atoms with Crippen LogP contribution < -0.4 is 4.74 Å². The topological polar surface area (TPSA) is 84.1 Å². The summed E-state index contributed by atoms with van der Waals surface area (Å²) in [5.74, 6) is -0.242. The van der Waals surface area contributed by atoms with Crippen molar-refractivity contribution in [3.63, 3.8) is 0 Å². The fourth-order valence-corrected chi connectivity index (χ4v) is 2.00. The van der Waals surface area contributed by atoms with Crippen LogP contribution in [0.25, 0.3) is 5.65 Å². The van der Waals surface area contributed by atoms with Gasteiger partial charge >= 0.3 is 5.97 Å². The minimum Gasteiger partial charge on any atom is -0.508 e. The summed E-state index contributed by atoms with van der Waals surface area (Å²) in [5.41, 5.74) is 1.33. The number of aromatic nitrogens is 2. The first kappa shape index (κ1) is 13.0. The van der Waals surface area contributed by atoms with E-state index in [9.17, 15) is 9.90 Å². The van der Waals surface area contributed by atoms with E-state index < -0.39 is 5.97 Å². The predicted molar refractivity (Wildman–Crippen MR) is 74.6 cm³/mol. The first-order valence-electron chi connectivity index (χ1n) is 6.25. The lowest BCUT2D eigenvalue weighted by molar-refractivity contribution is 0.0689. The van der Waals surface area contributed by atoms with E-state index in [1.807, 2.05) is 0 Å². The second kappa shape index (κ2) is 5.16. The van der Waals surface area contributed by atoms with Gasteiger partial charge in [0, 0.05) is 6.20 Å². The molecule has 2 aromatic heterocycles. The Bertz CT molecular complexity index is 793. The maximum atomic E-state index is 11.1. The molecule has 0 bridgehead atoms. The number of aromatic carboxylic acids is 1. The fraction of sp³-hybridized carbons (Fsp3) is 0.0667. The number of benzene rings is 1. The van der Waals surface area contributed by atoms with Crippen molar-refractivity contribution < 1.29 is 19.7 Å². The zero-order valence-corrected chi connectivity index (χ0v) is 10.9. The van der Waals surface area contributed by atoms with E-state index in [0.29, 0.717) is 17.1 Å². The first-order chi connectivity index (χ1) is 10.1. The Morgan fingerprint density at radius 3 is 2.67 bits per heavy atom. The number of carboxylic acids is 1. The van der Waals surface area contributed by atoms with Gasteiger partial charge in [-0.15, -0.1) is 0 Å². The average molecular weight is 284 g/mol. The molecule has 0 atom stereocenters. The molecule has 0 aliphatic carbocycles. The molecule has 0 saturated heterocycles. The largest absolute Gasteiger partial charge is 0.508 e. The standard InChI is InChI=1S/C15H12N2O4/c18-11-4-6-12(7-5-11)21-9-10-8-17-13(15(19)20)2-1-3-14(17)16-10/h1-8,18H,9H2,(H,19,20). The van der Waals surface area contributed by atoms with Crippen LogP contribution in [0.1, 0.15) is 16.2 Å². The molecule has 3 rings (SSSR count). The first-order valence-corrected chi connectivity index (χ1v) is 6.25. The number of phenolic OH excluding ortho intramolecular Hbond substituents is 1. The SMILES string of the molecule is O=C(O)c1cccc2nc(COc3ccc(O)cc3)cn12. The number of hydrogen-bond donors (Lipinski definition) is 2. The summed E-state index contributed by atoms with van der Waals surface area (Å²) in [6.45, 7) is 0.214. The highest BCUT2D eigenvalue weighted by atomic mass is 16.5. The molecule has 2 N–H and O–H groups in total. The third-order valence-corrected chi connectivity index (χ3v) is 2.98. The summed E-state index contributed by atoms with van der Waals surface area (Å²) < 4.78 is 7.05. The van der Waals surface area contributed by atoms with Gasteiger partial charge in [-0.3, -0.25) is 4.40 Å². The van der Waals surface area contributed by atoms with Gasteiger partial charge < -0.3 is 14.9 Å². The van der Waals surface area contributed by atoms with Crippen molar-refractivity contribution in [1.82, 2.24) is 9.38 Å². The van der Waals surface area contributed by atoms with Gasteiger partial charge in [-0.1, -0.05) is 6.07 Å². The highest BCUT2D eigenvalue weighted by molar-refractivity contribution is 5.86. The molecule has 0 aliphatic rings. The van der Waals surface area contributed by atoms with E-state index >= 15 is 0 Å². The predicted octanol–water partition coefficient (Wildman–Crippen LogP) is 2.32. The van der Waals surface area contributed by atoms with Crippen LogP contribution >= 0.6 is 0 Å². The number of ether oxygens (including phenoxy) is 1. The van der Waals surface area contributed by atoms with Crippen molar-refractivity contribution in [2.45, 2.75) is 6.61 Å². The average Bonchev–Trinajstić information content (AvgIpc) is 2.89. The molecule has 0 fully saturated rings. The van der Waals surface area contributed by atoms with Crippen LogP contribution in [0.4, 0.5) is 0 Å². The van der Waals surface area contributed by atoms with E-state index in [1.165, 1.54) is 22.6 Å². The number of imidazole rings is 1. The number of fused-ring (bicyclic) bond motifs is 1. The Morgan fingerprint density at radius 2 is 1.95 bits per heavy atom. The summed E-state index contributed by atoms with van der Waals surface area (Å²) in [6, 6.07) is 11.2. The summed E-state index contributed by atoms with van der Waals surface area (Å²) in [6.07, 6.45) is 1.64. The van der Waals surface area contributed by atoms with Gasteiger partial charge in [-0.2, -0.15) is 0 Å². The van der Waals surface area contributed by atoms with Gasteiger partial charge in [0.1, 0.15) is 29.4 Å². The lowest BCUT2D eigenvalue weighted by atomic mass is 10.3. The molecular weight excluding hydrogens is 272 g/mol. The van der Waals surface area contributed by atoms with Crippen LogP contribution in [-0.4, -0.2) is 25.6 Å². The third-order valence-electron chi connectivity index (χ3n) is 2.98. The van der Waals surface area contributed by atoms with Gasteiger partial charge in [0.15, 0.2) is 0 Å². The minimum absolute atomic E-state index is 0.149. The number of rotatable bonds is 4. The molecular formula is C15H12N2O4. The Labute approximate surface area is 119 Å². The Kier molecular flexibility index (Phi) is 3.19. The van der Waals surface area contributed by atoms with E-state index in [2.05, 4.69) is 4.98 Å². The summed E-state index contributed by atoms with van der Waals surface area (Å²) in [4.78, 5) is 15.4. The highest BCUT2D eigenvalue weighted by Crippen LogP contribution is 2.17. The van der Waals surface area contributed by atoms with E-state index in [1.54, 1.807) is 30.5 Å². The molecule has 0 radical (unpaired) electrons. The Morgan fingerprint density at radius 1 is 1.19 bits per heavy atom. The van der Waals surface area contributed by atoms with Crippen LogP contribution in [-0.2, 0) is 6.61 Å². The number of carboxylic acid groups (broad SMARTS) is 1. The van der Waals surface area contributed by atoms with Crippen LogP contribution in [0, 0.1) is 0 Å². The number of pyridine rings is 1. The van der Waals surface area contributed by atoms with Crippen molar-refractivity contribution in [3.8, 4) is 11.5 Å². The summed E-state index contributed by atoms with van der Waals surface area (Å²) in [5, 5.41) is 18.3. The van der Waals surface area contributed by atoms with Crippen molar-refractivity contribution >= 4 is 11.6 Å². The molecule has 6 heteroatoms. The van der Waals surface area contributed by atoms with Crippen LogP contribution in [0.5, 0.6) is 11.5 Å². The number of phenols is 1. The Hall–Kier alpha value is -3.02. The lowest BCUT2D eigenvalue weighted by Crippen LogP contribution is -2.03. The quantitative estimate of drug-likeness (QED) is 0.768. The van der Waals surface area contributed by atoms with Gasteiger partial charge in [0.2, 0.25) is 0 Å².